The van der Waals surface area contributed by atoms with Crippen LogP contribution in [-0.4, -0.2) is 45.7 Å². The maximum atomic E-state index is 13.1. The summed E-state index contributed by atoms with van der Waals surface area (Å²) in [5, 5.41) is 0. The third kappa shape index (κ3) is 4.83. The highest BCUT2D eigenvalue weighted by atomic mass is 16.5. The van der Waals surface area contributed by atoms with Gasteiger partial charge in [0.15, 0.2) is 5.69 Å². The van der Waals surface area contributed by atoms with Crippen LogP contribution in [0, 0.1) is 12.8 Å². The van der Waals surface area contributed by atoms with Gasteiger partial charge in [-0.25, -0.2) is 9.78 Å². The van der Waals surface area contributed by atoms with Gasteiger partial charge >= 0.3 is 5.69 Å². The summed E-state index contributed by atoms with van der Waals surface area (Å²) >= 11 is 0. The van der Waals surface area contributed by atoms with E-state index in [1.54, 1.807) is 14.0 Å². The molecule has 0 aliphatic carbocycles. The Hall–Kier alpha value is -3.01. The van der Waals surface area contributed by atoms with Crippen molar-refractivity contribution in [3.63, 3.8) is 0 Å². The Kier molecular flexibility index (Phi) is 7.05. The zero-order valence-corrected chi connectivity index (χ0v) is 16.6. The fourth-order valence-corrected chi connectivity index (χ4v) is 2.71. The van der Waals surface area contributed by atoms with E-state index in [1.165, 1.54) is 21.9 Å². The molecule has 0 fully saturated rings. The summed E-state index contributed by atoms with van der Waals surface area (Å²) in [5.74, 6) is -0.483. The number of anilines is 2. The van der Waals surface area contributed by atoms with Crippen molar-refractivity contribution in [1.82, 2.24) is 19.5 Å². The van der Waals surface area contributed by atoms with Crippen LogP contribution >= 0.6 is 0 Å². The molecule has 0 atom stereocenters. The highest BCUT2D eigenvalue weighted by Gasteiger charge is 2.26. The number of H-pyrrole nitrogens is 1. The SMILES string of the molecule is COCCCN(C(=O)c1cnc(C)cn1)c1c(N)n(CC(C)C)c(=O)[nH]c1=O. The van der Waals surface area contributed by atoms with Crippen LogP contribution in [0.5, 0.6) is 0 Å². The van der Waals surface area contributed by atoms with Crippen LogP contribution in [0.1, 0.15) is 36.5 Å². The Morgan fingerprint density at radius 1 is 1.32 bits per heavy atom. The molecule has 1 amide bonds. The van der Waals surface area contributed by atoms with Gasteiger partial charge in [0.05, 0.1) is 11.9 Å². The molecule has 0 aliphatic heterocycles. The maximum Gasteiger partial charge on any atom is 0.330 e. The van der Waals surface area contributed by atoms with Gasteiger partial charge in [0, 0.05) is 33.0 Å². The van der Waals surface area contributed by atoms with Gasteiger partial charge in [0.25, 0.3) is 11.5 Å². The fourth-order valence-electron chi connectivity index (χ4n) is 2.71. The minimum atomic E-state index is -0.728. The van der Waals surface area contributed by atoms with Gasteiger partial charge in [-0.1, -0.05) is 13.8 Å². The molecule has 0 bridgehead atoms. The number of hydrogen-bond acceptors (Lipinski definition) is 7. The van der Waals surface area contributed by atoms with Crippen molar-refractivity contribution in [2.24, 2.45) is 5.92 Å². The number of amides is 1. The summed E-state index contributed by atoms with van der Waals surface area (Å²) in [4.78, 5) is 49.5. The second-order valence-corrected chi connectivity index (χ2v) is 6.84. The zero-order valence-electron chi connectivity index (χ0n) is 16.6. The molecule has 0 radical (unpaired) electrons. The van der Waals surface area contributed by atoms with Crippen molar-refractivity contribution in [2.45, 2.75) is 33.7 Å². The molecule has 0 saturated heterocycles. The first kappa shape index (κ1) is 21.3. The number of carbonyl (C=O) groups excluding carboxylic acids is 1. The molecule has 2 rings (SSSR count). The lowest BCUT2D eigenvalue weighted by molar-refractivity contribution is 0.0978. The molecule has 2 aromatic heterocycles. The van der Waals surface area contributed by atoms with Crippen LogP contribution in [-0.2, 0) is 11.3 Å². The lowest BCUT2D eigenvalue weighted by atomic mass is 10.2. The number of aromatic nitrogens is 4. The quantitative estimate of drug-likeness (QED) is 0.628. The fraction of sp³-hybridized carbons (Fsp3) is 0.500. The van der Waals surface area contributed by atoms with E-state index >= 15 is 0 Å². The third-order valence-electron chi connectivity index (χ3n) is 4.01. The maximum absolute atomic E-state index is 13.1. The van der Waals surface area contributed by atoms with Crippen molar-refractivity contribution in [1.29, 1.82) is 0 Å². The van der Waals surface area contributed by atoms with Crippen LogP contribution in [0.4, 0.5) is 11.5 Å². The molecule has 0 spiro atoms. The van der Waals surface area contributed by atoms with Crippen LogP contribution in [0.15, 0.2) is 22.0 Å². The molecule has 2 heterocycles. The zero-order chi connectivity index (χ0) is 20.8. The molecule has 152 valence electrons. The monoisotopic (exact) mass is 390 g/mol. The molecule has 0 unspecified atom stereocenters. The Balaban J connectivity index is 2.56. The first-order chi connectivity index (χ1) is 13.3. The van der Waals surface area contributed by atoms with E-state index in [4.69, 9.17) is 10.5 Å². The first-order valence-electron chi connectivity index (χ1n) is 8.98. The smallest absolute Gasteiger partial charge is 0.330 e. The van der Waals surface area contributed by atoms with Crippen LogP contribution < -0.4 is 21.9 Å². The van der Waals surface area contributed by atoms with E-state index in [9.17, 15) is 14.4 Å². The van der Waals surface area contributed by atoms with E-state index < -0.39 is 17.2 Å². The van der Waals surface area contributed by atoms with Crippen LogP contribution in [0.3, 0.4) is 0 Å². The van der Waals surface area contributed by atoms with Gasteiger partial charge in [-0.05, 0) is 19.3 Å². The number of nitrogen functional groups attached to an aromatic ring is 1. The topological polar surface area (TPSA) is 136 Å². The second kappa shape index (κ2) is 9.27. The van der Waals surface area contributed by atoms with Crippen molar-refractivity contribution < 1.29 is 9.53 Å². The molecule has 0 aliphatic rings. The number of nitrogens with one attached hydrogen (secondary N) is 1. The lowest BCUT2D eigenvalue weighted by Crippen LogP contribution is -2.42. The highest BCUT2D eigenvalue weighted by molar-refractivity contribution is 6.05. The predicted molar refractivity (Wildman–Crippen MR) is 106 cm³/mol. The number of nitrogens with zero attached hydrogens (tertiary/aromatic N) is 4. The number of rotatable bonds is 8. The Morgan fingerprint density at radius 3 is 2.61 bits per heavy atom. The van der Waals surface area contributed by atoms with Crippen LogP contribution in [0.2, 0.25) is 0 Å². The van der Waals surface area contributed by atoms with Gasteiger partial charge in [0.1, 0.15) is 11.5 Å². The number of nitrogens with two attached hydrogens (primary N) is 1. The normalized spacial score (nSPS) is 11.0. The van der Waals surface area contributed by atoms with Crippen molar-refractivity contribution in [3.05, 3.63) is 44.6 Å². The summed E-state index contributed by atoms with van der Waals surface area (Å²) in [6.45, 7) is 6.43. The molecule has 2 aromatic rings. The van der Waals surface area contributed by atoms with Crippen LogP contribution in [0.25, 0.3) is 0 Å². The summed E-state index contributed by atoms with van der Waals surface area (Å²) in [7, 11) is 1.54. The van der Waals surface area contributed by atoms with Crippen molar-refractivity contribution in [3.8, 4) is 0 Å². The Morgan fingerprint density at radius 2 is 2.04 bits per heavy atom. The highest BCUT2D eigenvalue weighted by Crippen LogP contribution is 2.20. The van der Waals surface area contributed by atoms with Crippen molar-refractivity contribution >= 4 is 17.4 Å². The van der Waals surface area contributed by atoms with Gasteiger partial charge in [-0.3, -0.25) is 29.0 Å². The third-order valence-corrected chi connectivity index (χ3v) is 4.01. The van der Waals surface area contributed by atoms with E-state index in [-0.39, 0.29) is 29.7 Å². The number of aryl methyl sites for hydroxylation is 1. The van der Waals surface area contributed by atoms with E-state index in [0.29, 0.717) is 25.3 Å². The molecule has 0 aromatic carbocycles. The molecule has 10 heteroatoms. The number of carbonyl (C=O) groups is 1. The lowest BCUT2D eigenvalue weighted by Gasteiger charge is -2.24. The number of ether oxygens (including phenoxy) is 1. The predicted octanol–water partition coefficient (Wildman–Crippen LogP) is 0.557. The molecule has 0 saturated carbocycles. The molecular weight excluding hydrogens is 364 g/mol. The Bertz CT molecular complexity index is 933. The molecule has 10 nitrogen and oxygen atoms in total. The van der Waals surface area contributed by atoms with Crippen molar-refractivity contribution in [2.75, 3.05) is 30.9 Å². The first-order valence-corrected chi connectivity index (χ1v) is 8.98. The molecular formula is C18H26N6O4. The summed E-state index contributed by atoms with van der Waals surface area (Å²) in [5.41, 5.74) is 5.47. The summed E-state index contributed by atoms with van der Waals surface area (Å²) in [6, 6.07) is 0. The number of hydrogen-bond donors (Lipinski definition) is 2. The average molecular weight is 390 g/mol. The number of aromatic amines is 1. The second-order valence-electron chi connectivity index (χ2n) is 6.84. The Labute approximate surface area is 162 Å². The standard InChI is InChI=1S/C18H26N6O4/c1-11(2)10-24-15(19)14(16(25)22-18(24)27)23(6-5-7-28-4)17(26)13-9-20-12(3)8-21-13/h8-9,11H,5-7,10,19H2,1-4H3,(H,22,25,27). The van der Waals surface area contributed by atoms with Gasteiger partial charge in [-0.2, -0.15) is 0 Å². The minimum absolute atomic E-state index is 0.0618. The summed E-state index contributed by atoms with van der Waals surface area (Å²) in [6.07, 6.45) is 3.27. The molecule has 28 heavy (non-hydrogen) atoms. The average Bonchev–Trinajstić information content (AvgIpc) is 2.63. The van der Waals surface area contributed by atoms with Gasteiger partial charge in [0.2, 0.25) is 0 Å². The number of methoxy groups -OCH3 is 1. The van der Waals surface area contributed by atoms with Gasteiger partial charge < -0.3 is 10.5 Å². The van der Waals surface area contributed by atoms with E-state index in [0.717, 1.165) is 0 Å². The molecule has 3 N–H and O–H groups in total. The summed E-state index contributed by atoms with van der Waals surface area (Å²) < 4.78 is 6.31. The minimum Gasteiger partial charge on any atom is -0.385 e. The van der Waals surface area contributed by atoms with E-state index in [1.807, 2.05) is 13.8 Å². The van der Waals surface area contributed by atoms with E-state index in [2.05, 4.69) is 15.0 Å². The largest absolute Gasteiger partial charge is 0.385 e. The van der Waals surface area contributed by atoms with Gasteiger partial charge in [-0.15, -0.1) is 0 Å².